The molecule has 1 aliphatic carbocycles. The number of ether oxygens (including phenoxy) is 1. The summed E-state index contributed by atoms with van der Waals surface area (Å²) in [5.41, 5.74) is 5.70. The third-order valence-corrected chi connectivity index (χ3v) is 4.76. The van der Waals surface area contributed by atoms with E-state index in [0.29, 0.717) is 38.0 Å². The molecule has 0 aromatic heterocycles. The summed E-state index contributed by atoms with van der Waals surface area (Å²) < 4.78 is 5.34. The van der Waals surface area contributed by atoms with Crippen LogP contribution in [0.2, 0.25) is 0 Å². The van der Waals surface area contributed by atoms with Crippen molar-refractivity contribution in [3.8, 4) is 0 Å². The SMILES string of the molecule is CNC(=O)C1COCCN1C(=O)CC1CCC(CN)CC1. The highest BCUT2D eigenvalue weighted by Gasteiger charge is 2.33. The molecular weight excluding hydrogens is 270 g/mol. The molecule has 0 aromatic carbocycles. The Balaban J connectivity index is 1.87. The first kappa shape index (κ1) is 16.2. The number of nitrogens with two attached hydrogens (primary N) is 1. The number of nitrogens with zero attached hydrogens (tertiary/aromatic N) is 1. The Morgan fingerprint density at radius 2 is 1.90 bits per heavy atom. The van der Waals surface area contributed by atoms with Crippen molar-refractivity contribution in [2.45, 2.75) is 38.1 Å². The topological polar surface area (TPSA) is 84.7 Å². The van der Waals surface area contributed by atoms with E-state index < -0.39 is 6.04 Å². The van der Waals surface area contributed by atoms with Crippen molar-refractivity contribution in [2.75, 3.05) is 33.4 Å². The van der Waals surface area contributed by atoms with Crippen molar-refractivity contribution < 1.29 is 14.3 Å². The molecule has 3 N–H and O–H groups in total. The molecule has 0 bridgehead atoms. The maximum atomic E-state index is 12.5. The van der Waals surface area contributed by atoms with Crippen molar-refractivity contribution in [1.29, 1.82) is 0 Å². The van der Waals surface area contributed by atoms with Gasteiger partial charge < -0.3 is 20.7 Å². The molecule has 21 heavy (non-hydrogen) atoms. The first-order chi connectivity index (χ1) is 10.2. The lowest BCUT2D eigenvalue weighted by Gasteiger charge is -2.36. The molecular formula is C15H27N3O3. The molecule has 1 atom stereocenters. The van der Waals surface area contributed by atoms with Crippen LogP contribution in [-0.4, -0.2) is 56.1 Å². The van der Waals surface area contributed by atoms with Gasteiger partial charge in [0, 0.05) is 20.0 Å². The van der Waals surface area contributed by atoms with Crippen LogP contribution in [0.3, 0.4) is 0 Å². The average Bonchev–Trinajstić information content (AvgIpc) is 2.54. The van der Waals surface area contributed by atoms with Crippen LogP contribution in [0, 0.1) is 11.8 Å². The number of nitrogens with one attached hydrogen (secondary N) is 1. The Kier molecular flexibility index (Phi) is 5.99. The summed E-state index contributed by atoms with van der Waals surface area (Å²) in [5.74, 6) is 1.00. The van der Waals surface area contributed by atoms with Crippen LogP contribution in [0.15, 0.2) is 0 Å². The molecule has 6 nitrogen and oxygen atoms in total. The second kappa shape index (κ2) is 7.75. The molecule has 1 aliphatic heterocycles. The Labute approximate surface area is 126 Å². The van der Waals surface area contributed by atoms with Crippen LogP contribution >= 0.6 is 0 Å². The van der Waals surface area contributed by atoms with Crippen molar-refractivity contribution in [2.24, 2.45) is 17.6 Å². The van der Waals surface area contributed by atoms with Gasteiger partial charge >= 0.3 is 0 Å². The fraction of sp³-hybridized carbons (Fsp3) is 0.867. The predicted octanol–water partition coefficient (Wildman–Crippen LogP) is 0.115. The number of rotatable bonds is 4. The van der Waals surface area contributed by atoms with Crippen LogP contribution in [-0.2, 0) is 14.3 Å². The standard InChI is InChI=1S/C15H27N3O3/c1-17-15(20)13-10-21-7-6-18(13)14(19)8-11-2-4-12(9-16)5-3-11/h11-13H,2-10,16H2,1H3,(H,17,20). The van der Waals surface area contributed by atoms with Gasteiger partial charge in [-0.1, -0.05) is 0 Å². The minimum atomic E-state index is -0.475. The summed E-state index contributed by atoms with van der Waals surface area (Å²) in [7, 11) is 1.59. The first-order valence-corrected chi connectivity index (χ1v) is 7.94. The third kappa shape index (κ3) is 4.17. The quantitative estimate of drug-likeness (QED) is 0.771. The first-order valence-electron chi connectivity index (χ1n) is 7.94. The van der Waals surface area contributed by atoms with Crippen LogP contribution in [0.25, 0.3) is 0 Å². The number of carbonyl (C=O) groups excluding carboxylic acids is 2. The maximum absolute atomic E-state index is 12.5. The zero-order valence-electron chi connectivity index (χ0n) is 12.8. The number of amides is 2. The molecule has 1 heterocycles. The van der Waals surface area contributed by atoms with Gasteiger partial charge in [0.25, 0.3) is 0 Å². The van der Waals surface area contributed by atoms with Gasteiger partial charge in [-0.25, -0.2) is 0 Å². The van der Waals surface area contributed by atoms with Gasteiger partial charge in [-0.15, -0.1) is 0 Å². The molecule has 0 aromatic rings. The lowest BCUT2D eigenvalue weighted by Crippen LogP contribution is -2.55. The summed E-state index contributed by atoms with van der Waals surface area (Å²) in [6, 6.07) is -0.475. The van der Waals surface area contributed by atoms with Crippen LogP contribution < -0.4 is 11.1 Å². The number of likely N-dealkylation sites (N-methyl/N-ethyl adjacent to an activating group) is 1. The number of morpholine rings is 1. The Hall–Kier alpha value is -1.14. The minimum absolute atomic E-state index is 0.0862. The maximum Gasteiger partial charge on any atom is 0.244 e. The molecule has 2 rings (SSSR count). The monoisotopic (exact) mass is 297 g/mol. The van der Waals surface area contributed by atoms with E-state index in [4.69, 9.17) is 10.5 Å². The van der Waals surface area contributed by atoms with E-state index in [1.165, 1.54) is 0 Å². The van der Waals surface area contributed by atoms with Crippen molar-refractivity contribution in [3.63, 3.8) is 0 Å². The van der Waals surface area contributed by atoms with E-state index in [0.717, 1.165) is 32.2 Å². The normalized spacial score (nSPS) is 30.0. The Bertz CT molecular complexity index is 367. The van der Waals surface area contributed by atoms with Crippen molar-refractivity contribution in [3.05, 3.63) is 0 Å². The second-order valence-electron chi connectivity index (χ2n) is 6.12. The Morgan fingerprint density at radius 1 is 1.24 bits per heavy atom. The summed E-state index contributed by atoms with van der Waals surface area (Å²) in [4.78, 5) is 26.1. The van der Waals surface area contributed by atoms with Crippen molar-refractivity contribution in [1.82, 2.24) is 10.2 Å². The molecule has 2 amide bonds. The highest BCUT2D eigenvalue weighted by atomic mass is 16.5. The molecule has 1 unspecified atom stereocenters. The van der Waals surface area contributed by atoms with Crippen LogP contribution in [0.4, 0.5) is 0 Å². The summed E-state index contributed by atoms with van der Waals surface area (Å²) in [6.45, 7) is 2.07. The zero-order valence-corrected chi connectivity index (χ0v) is 12.8. The smallest absolute Gasteiger partial charge is 0.244 e. The lowest BCUT2D eigenvalue weighted by atomic mass is 9.80. The van der Waals surface area contributed by atoms with Gasteiger partial charge in [-0.3, -0.25) is 9.59 Å². The summed E-state index contributed by atoms with van der Waals surface area (Å²) >= 11 is 0. The number of hydrogen-bond donors (Lipinski definition) is 2. The van der Waals surface area contributed by atoms with Gasteiger partial charge in [0.1, 0.15) is 6.04 Å². The van der Waals surface area contributed by atoms with E-state index in [1.807, 2.05) is 0 Å². The summed E-state index contributed by atoms with van der Waals surface area (Å²) in [6.07, 6.45) is 4.93. The van der Waals surface area contributed by atoms with Gasteiger partial charge in [0.05, 0.1) is 13.2 Å². The summed E-state index contributed by atoms with van der Waals surface area (Å²) in [5, 5.41) is 2.61. The van der Waals surface area contributed by atoms with E-state index in [2.05, 4.69) is 5.32 Å². The number of hydrogen-bond acceptors (Lipinski definition) is 4. The zero-order chi connectivity index (χ0) is 15.2. The van der Waals surface area contributed by atoms with Crippen LogP contribution in [0.1, 0.15) is 32.1 Å². The highest BCUT2D eigenvalue weighted by molar-refractivity contribution is 5.87. The Morgan fingerprint density at radius 3 is 2.52 bits per heavy atom. The molecule has 0 radical (unpaired) electrons. The molecule has 1 saturated heterocycles. The molecule has 1 saturated carbocycles. The van der Waals surface area contributed by atoms with E-state index in [-0.39, 0.29) is 11.8 Å². The van der Waals surface area contributed by atoms with Gasteiger partial charge in [-0.2, -0.15) is 0 Å². The molecule has 0 spiro atoms. The largest absolute Gasteiger partial charge is 0.377 e. The fourth-order valence-electron chi connectivity index (χ4n) is 3.32. The highest BCUT2D eigenvalue weighted by Crippen LogP contribution is 2.30. The van der Waals surface area contributed by atoms with Gasteiger partial charge in [0.2, 0.25) is 11.8 Å². The minimum Gasteiger partial charge on any atom is -0.377 e. The molecule has 6 heteroatoms. The average molecular weight is 297 g/mol. The van der Waals surface area contributed by atoms with Gasteiger partial charge in [-0.05, 0) is 44.1 Å². The van der Waals surface area contributed by atoms with E-state index in [1.54, 1.807) is 11.9 Å². The third-order valence-electron chi connectivity index (χ3n) is 4.76. The number of carbonyl (C=O) groups is 2. The fourth-order valence-corrected chi connectivity index (χ4v) is 3.32. The predicted molar refractivity (Wildman–Crippen MR) is 79.5 cm³/mol. The van der Waals surface area contributed by atoms with Crippen LogP contribution in [0.5, 0.6) is 0 Å². The van der Waals surface area contributed by atoms with Crippen molar-refractivity contribution >= 4 is 11.8 Å². The molecule has 120 valence electrons. The second-order valence-corrected chi connectivity index (χ2v) is 6.12. The van der Waals surface area contributed by atoms with E-state index >= 15 is 0 Å². The molecule has 2 fully saturated rings. The lowest BCUT2D eigenvalue weighted by molar-refractivity contribution is -0.149. The van der Waals surface area contributed by atoms with Gasteiger partial charge in [0.15, 0.2) is 0 Å². The molecule has 2 aliphatic rings. The van der Waals surface area contributed by atoms with E-state index in [9.17, 15) is 9.59 Å².